The molecule has 0 aromatic carbocycles. The minimum atomic E-state index is -4.82. The van der Waals surface area contributed by atoms with E-state index in [1.54, 1.807) is 17.1 Å². The third-order valence-corrected chi connectivity index (χ3v) is 5.84. The van der Waals surface area contributed by atoms with E-state index in [4.69, 9.17) is 9.39 Å². The van der Waals surface area contributed by atoms with Crippen LogP contribution in [0.15, 0.2) is 12.4 Å². The first-order valence-electron chi connectivity index (χ1n) is 9.56. The molecule has 1 aromatic rings. The molecule has 3 N–H and O–H groups in total. The van der Waals surface area contributed by atoms with Crippen molar-refractivity contribution in [2.45, 2.75) is 43.9 Å². The first-order valence-corrected chi connectivity index (χ1v) is 10.9. The number of amides is 3. The van der Waals surface area contributed by atoms with Gasteiger partial charge in [-0.2, -0.15) is 13.5 Å². The Morgan fingerprint density at radius 3 is 2.97 bits per heavy atom. The Kier molecular flexibility index (Phi) is 5.88. The van der Waals surface area contributed by atoms with Crippen LogP contribution in [0.4, 0.5) is 4.79 Å². The van der Waals surface area contributed by atoms with Gasteiger partial charge in [0, 0.05) is 31.9 Å². The second kappa shape index (κ2) is 8.43. The fraction of sp³-hybridized carbons (Fsp3) is 0.733. The van der Waals surface area contributed by atoms with Crippen LogP contribution in [0, 0.1) is 5.92 Å². The molecule has 0 radical (unpaired) electrons. The number of hydroxylamine groups is 3. The second-order valence-electron chi connectivity index (χ2n) is 7.62. The van der Waals surface area contributed by atoms with Crippen LogP contribution in [-0.4, -0.2) is 87.7 Å². The van der Waals surface area contributed by atoms with Gasteiger partial charge in [0.15, 0.2) is 0 Å². The molecule has 0 unspecified atom stereocenters. The molecule has 3 fully saturated rings. The minimum absolute atomic E-state index is 0.0710. The van der Waals surface area contributed by atoms with Crippen LogP contribution in [0.5, 0.6) is 0 Å². The van der Waals surface area contributed by atoms with Gasteiger partial charge in [0.05, 0.1) is 18.8 Å². The number of rotatable bonds is 8. The van der Waals surface area contributed by atoms with E-state index in [0.717, 1.165) is 19.5 Å². The lowest BCUT2D eigenvalue weighted by Crippen LogP contribution is -2.50. The zero-order valence-corrected chi connectivity index (χ0v) is 16.8. The number of hydrogen-bond acceptors (Lipinski definition) is 9. The van der Waals surface area contributed by atoms with Crippen molar-refractivity contribution >= 4 is 22.3 Å². The summed E-state index contributed by atoms with van der Waals surface area (Å²) in [4.78, 5) is 31.4. The average molecular weight is 445 g/mol. The number of nitrogens with zero attached hydrogens (tertiary/aromatic N) is 5. The number of hydrogen-bond donors (Lipinski definition) is 3. The zero-order valence-electron chi connectivity index (χ0n) is 16.0. The van der Waals surface area contributed by atoms with E-state index < -0.39 is 34.4 Å². The Bertz CT molecular complexity index is 880. The Morgan fingerprint density at radius 2 is 2.23 bits per heavy atom. The number of nitrogens with one attached hydrogen (secondary N) is 2. The molecule has 0 saturated carbocycles. The van der Waals surface area contributed by atoms with Gasteiger partial charge in [-0.3, -0.25) is 18.9 Å². The molecule has 2 bridgehead atoms. The molecule has 4 rings (SSSR count). The Hall–Kier alpha value is -2.33. The molecular formula is C15H23N7O7S. The molecule has 3 amide bonds. The molecule has 0 aliphatic carbocycles. The van der Waals surface area contributed by atoms with Crippen molar-refractivity contribution in [1.82, 2.24) is 35.8 Å². The van der Waals surface area contributed by atoms with Gasteiger partial charge in [-0.05, 0) is 25.2 Å². The van der Waals surface area contributed by atoms with Crippen molar-refractivity contribution in [3.8, 4) is 0 Å². The highest BCUT2D eigenvalue weighted by Gasteiger charge is 2.49. The highest BCUT2D eigenvalue weighted by atomic mass is 32.3. The Morgan fingerprint density at radius 1 is 1.40 bits per heavy atom. The summed E-state index contributed by atoms with van der Waals surface area (Å²) >= 11 is 0. The lowest BCUT2D eigenvalue weighted by Gasteiger charge is -2.29. The zero-order chi connectivity index (χ0) is 21.3. The molecule has 4 atom stereocenters. The first-order chi connectivity index (χ1) is 14.3. The Balaban J connectivity index is 1.22. The van der Waals surface area contributed by atoms with E-state index in [1.165, 1.54) is 4.90 Å². The Labute approximate surface area is 172 Å². The van der Waals surface area contributed by atoms with Crippen LogP contribution in [0.25, 0.3) is 0 Å². The summed E-state index contributed by atoms with van der Waals surface area (Å²) in [5, 5.41) is 11.7. The molecule has 3 aliphatic heterocycles. The van der Waals surface area contributed by atoms with E-state index in [2.05, 4.69) is 25.4 Å². The molecule has 14 nitrogen and oxygen atoms in total. The molecule has 3 saturated heterocycles. The van der Waals surface area contributed by atoms with E-state index in [1.807, 2.05) is 0 Å². The summed E-state index contributed by atoms with van der Waals surface area (Å²) in [5.74, 6) is -0.116. The first kappa shape index (κ1) is 20.9. The predicted octanol–water partition coefficient (Wildman–Crippen LogP) is -1.69. The average Bonchev–Trinajstić information content (AvgIpc) is 3.40. The number of aromatic nitrogens is 3. The topological polar surface area (TPSA) is 168 Å². The molecule has 15 heteroatoms. The van der Waals surface area contributed by atoms with Gasteiger partial charge in [0.1, 0.15) is 6.04 Å². The van der Waals surface area contributed by atoms with E-state index in [9.17, 15) is 18.0 Å². The highest BCUT2D eigenvalue weighted by molar-refractivity contribution is 7.80. The van der Waals surface area contributed by atoms with Crippen molar-refractivity contribution in [3.05, 3.63) is 12.4 Å². The van der Waals surface area contributed by atoms with E-state index >= 15 is 0 Å². The van der Waals surface area contributed by atoms with E-state index in [-0.39, 0.29) is 19.2 Å². The lowest BCUT2D eigenvalue weighted by molar-refractivity contribution is -0.139. The van der Waals surface area contributed by atoms with Crippen molar-refractivity contribution in [3.63, 3.8) is 0 Å². The quantitative estimate of drug-likeness (QED) is 0.310. The van der Waals surface area contributed by atoms with Gasteiger partial charge < -0.3 is 10.2 Å². The third kappa shape index (κ3) is 4.70. The van der Waals surface area contributed by atoms with Crippen molar-refractivity contribution in [1.29, 1.82) is 0 Å². The van der Waals surface area contributed by atoms with Crippen LogP contribution < -0.4 is 10.8 Å². The van der Waals surface area contributed by atoms with Gasteiger partial charge in [-0.25, -0.2) is 10.3 Å². The smallest absolute Gasteiger partial charge is 0.311 e. The summed E-state index contributed by atoms with van der Waals surface area (Å²) in [6.07, 6.45) is 4.96. The standard InChI is InChI=1S/C15H23N7O7S/c23-14(13-2-1-12-8-21(13)15(24)22(12)29-30(25,26)27)18-28-9-11-5-10(6-16-11)7-20-4-3-17-19-20/h3-4,10-13,16H,1-2,5-9H2,(H,18,23)(H,25,26,27)/t10-,11-,12-,13+/m1/s1. The number of piperidine rings is 1. The summed E-state index contributed by atoms with van der Waals surface area (Å²) in [5.41, 5.74) is 2.38. The molecular weight excluding hydrogens is 422 g/mol. The largest absolute Gasteiger partial charge is 0.418 e. The maximum absolute atomic E-state index is 12.5. The van der Waals surface area contributed by atoms with Gasteiger partial charge in [0.25, 0.3) is 5.91 Å². The van der Waals surface area contributed by atoms with Gasteiger partial charge in [0.2, 0.25) is 0 Å². The summed E-state index contributed by atoms with van der Waals surface area (Å²) in [7, 11) is -4.82. The van der Waals surface area contributed by atoms with Crippen LogP contribution in [-0.2, 0) is 30.9 Å². The fourth-order valence-electron chi connectivity index (χ4n) is 4.15. The number of urea groups is 1. The molecule has 30 heavy (non-hydrogen) atoms. The van der Waals surface area contributed by atoms with Crippen LogP contribution in [0.2, 0.25) is 0 Å². The number of carbonyl (C=O) groups excluding carboxylic acids is 2. The van der Waals surface area contributed by atoms with Gasteiger partial charge >= 0.3 is 16.4 Å². The monoisotopic (exact) mass is 445 g/mol. The molecule has 3 aliphatic rings. The number of fused-ring (bicyclic) bond motifs is 2. The van der Waals surface area contributed by atoms with Gasteiger partial charge in [-0.1, -0.05) is 5.21 Å². The maximum atomic E-state index is 12.5. The minimum Gasteiger partial charge on any atom is -0.311 e. The highest BCUT2D eigenvalue weighted by Crippen LogP contribution is 2.30. The molecule has 1 aromatic heterocycles. The summed E-state index contributed by atoms with van der Waals surface area (Å²) < 4.78 is 36.8. The summed E-state index contributed by atoms with van der Waals surface area (Å²) in [6.45, 7) is 1.94. The van der Waals surface area contributed by atoms with Crippen LogP contribution in [0.3, 0.4) is 0 Å². The summed E-state index contributed by atoms with van der Waals surface area (Å²) in [6, 6.07) is -2.07. The molecule has 166 valence electrons. The van der Waals surface area contributed by atoms with Crippen molar-refractivity contribution in [2.75, 3.05) is 19.7 Å². The normalized spacial score (nSPS) is 28.9. The lowest BCUT2D eigenvalue weighted by atomic mass is 10.0. The SMILES string of the molecule is O=C(NOC[C@H]1C[C@@H](Cn2ccnn2)CN1)[C@@H]1CC[C@@H]2CN1C(=O)N2OS(=O)(=O)O. The third-order valence-electron chi connectivity index (χ3n) is 5.49. The number of carbonyl (C=O) groups is 2. The molecule has 4 heterocycles. The van der Waals surface area contributed by atoms with Crippen LogP contribution in [0.1, 0.15) is 19.3 Å². The second-order valence-corrected chi connectivity index (χ2v) is 8.62. The van der Waals surface area contributed by atoms with Gasteiger partial charge in [-0.15, -0.1) is 9.38 Å². The maximum Gasteiger partial charge on any atom is 0.418 e. The van der Waals surface area contributed by atoms with Crippen molar-refractivity contribution < 1.29 is 31.7 Å². The molecule has 0 spiro atoms. The fourth-order valence-corrected chi connectivity index (χ4v) is 4.54. The predicted molar refractivity (Wildman–Crippen MR) is 97.4 cm³/mol. The van der Waals surface area contributed by atoms with Crippen LogP contribution >= 0.6 is 0 Å². The van der Waals surface area contributed by atoms with Crippen molar-refractivity contribution in [2.24, 2.45) is 5.92 Å². The van der Waals surface area contributed by atoms with E-state index in [0.29, 0.717) is 23.8 Å².